The van der Waals surface area contributed by atoms with Crippen LogP contribution in [0.2, 0.25) is 0 Å². The Morgan fingerprint density at radius 2 is 2.12 bits per heavy atom. The minimum Gasteiger partial charge on any atom is -0.508 e. The van der Waals surface area contributed by atoms with Gasteiger partial charge in [0.15, 0.2) is 0 Å². The molecule has 2 rings (SSSR count). The lowest BCUT2D eigenvalue weighted by molar-refractivity contribution is 0.475. The molecule has 0 atom stereocenters. The molecule has 0 radical (unpaired) electrons. The van der Waals surface area contributed by atoms with E-state index in [1.807, 2.05) is 0 Å². The molecule has 0 fully saturated rings. The molecule has 5 nitrogen and oxygen atoms in total. The van der Waals surface area contributed by atoms with Crippen LogP contribution >= 0.6 is 12.2 Å². The Hall–Kier alpha value is -1.95. The molecule has 16 heavy (non-hydrogen) atoms. The number of phenolic OH excluding ortho intramolecular Hbond substituents is 1. The van der Waals surface area contributed by atoms with Crippen LogP contribution in [0.25, 0.3) is 0 Å². The molecule has 0 bridgehead atoms. The van der Waals surface area contributed by atoms with Gasteiger partial charge in [-0.3, -0.25) is 5.10 Å². The number of hydrogen-bond donors (Lipinski definition) is 2. The number of aromatic hydroxyl groups is 1. The van der Waals surface area contributed by atoms with E-state index < -0.39 is 0 Å². The topological polar surface area (TPSA) is 66.2 Å². The van der Waals surface area contributed by atoms with Crippen LogP contribution in [0.4, 0.5) is 0 Å². The van der Waals surface area contributed by atoms with Crippen LogP contribution in [0, 0.1) is 11.7 Å². The molecule has 0 spiro atoms. The van der Waals surface area contributed by atoms with Gasteiger partial charge in [0.1, 0.15) is 11.6 Å². The third-order valence-corrected chi connectivity index (χ3v) is 2.29. The Kier molecular flexibility index (Phi) is 2.82. The van der Waals surface area contributed by atoms with Crippen LogP contribution < -0.4 is 0 Å². The molecule has 2 aromatic rings. The summed E-state index contributed by atoms with van der Waals surface area (Å²) in [6, 6.07) is 6.72. The van der Waals surface area contributed by atoms with Gasteiger partial charge >= 0.3 is 0 Å². The second-order valence-electron chi connectivity index (χ2n) is 3.22. The SMILES string of the molecule is Cc1n[nH]c(=S)n1/N=C\c1ccc(O)cc1. The number of H-pyrrole nitrogens is 1. The van der Waals surface area contributed by atoms with Crippen LogP contribution in [-0.4, -0.2) is 26.2 Å². The van der Waals surface area contributed by atoms with Gasteiger partial charge in [-0.05, 0) is 49.0 Å². The standard InChI is InChI=1S/C10H10N4OS/c1-7-12-13-10(16)14(7)11-6-8-2-4-9(15)5-3-8/h2-6,15H,1H3,(H,13,16)/b11-6-. The Morgan fingerprint density at radius 1 is 1.44 bits per heavy atom. The maximum Gasteiger partial charge on any atom is 0.216 e. The molecule has 2 N–H and O–H groups in total. The number of benzene rings is 1. The summed E-state index contributed by atoms with van der Waals surface area (Å²) in [4.78, 5) is 0. The number of aromatic amines is 1. The largest absolute Gasteiger partial charge is 0.508 e. The zero-order valence-corrected chi connectivity index (χ0v) is 9.40. The lowest BCUT2D eigenvalue weighted by Gasteiger charge is -1.95. The molecule has 82 valence electrons. The Morgan fingerprint density at radius 3 is 2.69 bits per heavy atom. The number of nitrogens with one attached hydrogen (secondary N) is 1. The summed E-state index contributed by atoms with van der Waals surface area (Å²) in [7, 11) is 0. The van der Waals surface area contributed by atoms with Gasteiger partial charge in [-0.2, -0.15) is 14.9 Å². The van der Waals surface area contributed by atoms with Gasteiger partial charge in [-0.15, -0.1) is 0 Å². The molecule has 0 unspecified atom stereocenters. The van der Waals surface area contributed by atoms with E-state index in [1.165, 1.54) is 4.68 Å². The van der Waals surface area contributed by atoms with Crippen molar-refractivity contribution in [1.82, 2.24) is 14.9 Å². The van der Waals surface area contributed by atoms with Crippen molar-refractivity contribution in [2.75, 3.05) is 0 Å². The van der Waals surface area contributed by atoms with Gasteiger partial charge in [0.2, 0.25) is 4.77 Å². The van der Waals surface area contributed by atoms with Crippen molar-refractivity contribution in [2.45, 2.75) is 6.92 Å². The van der Waals surface area contributed by atoms with E-state index in [4.69, 9.17) is 17.3 Å². The maximum atomic E-state index is 9.12. The van der Waals surface area contributed by atoms with Crippen LogP contribution in [0.1, 0.15) is 11.4 Å². The lowest BCUT2D eigenvalue weighted by Crippen LogP contribution is -1.93. The highest BCUT2D eigenvalue weighted by molar-refractivity contribution is 7.71. The summed E-state index contributed by atoms with van der Waals surface area (Å²) in [5, 5.41) is 19.9. The van der Waals surface area contributed by atoms with Crippen molar-refractivity contribution in [2.24, 2.45) is 5.10 Å². The van der Waals surface area contributed by atoms with Crippen molar-refractivity contribution in [3.63, 3.8) is 0 Å². The van der Waals surface area contributed by atoms with E-state index in [-0.39, 0.29) is 5.75 Å². The van der Waals surface area contributed by atoms with Crippen LogP contribution in [0.5, 0.6) is 5.75 Å². The van der Waals surface area contributed by atoms with Crippen LogP contribution in [0.3, 0.4) is 0 Å². The summed E-state index contributed by atoms with van der Waals surface area (Å²) < 4.78 is 1.98. The molecule has 1 aromatic carbocycles. The third kappa shape index (κ3) is 2.17. The highest BCUT2D eigenvalue weighted by atomic mass is 32.1. The molecule has 6 heteroatoms. The zero-order chi connectivity index (χ0) is 11.5. The number of aryl methyl sites for hydroxylation is 1. The van der Waals surface area contributed by atoms with E-state index in [0.29, 0.717) is 10.6 Å². The number of nitrogens with zero attached hydrogens (tertiary/aromatic N) is 3. The zero-order valence-electron chi connectivity index (χ0n) is 8.58. The maximum absolute atomic E-state index is 9.12. The fourth-order valence-electron chi connectivity index (χ4n) is 1.19. The van der Waals surface area contributed by atoms with Crippen molar-refractivity contribution in [3.8, 4) is 5.75 Å². The average Bonchev–Trinajstić information content (AvgIpc) is 2.59. The normalized spacial score (nSPS) is 11.1. The molecule has 0 saturated carbocycles. The first-order valence-corrected chi connectivity index (χ1v) is 5.05. The number of rotatable bonds is 2. The number of phenols is 1. The van der Waals surface area contributed by atoms with Gasteiger partial charge in [0.25, 0.3) is 0 Å². The van der Waals surface area contributed by atoms with Gasteiger partial charge in [0, 0.05) is 0 Å². The Balaban J connectivity index is 2.28. The average molecular weight is 234 g/mol. The fraction of sp³-hybridized carbons (Fsp3) is 0.100. The first-order chi connectivity index (χ1) is 7.66. The van der Waals surface area contributed by atoms with Gasteiger partial charge < -0.3 is 5.11 Å². The smallest absolute Gasteiger partial charge is 0.216 e. The summed E-state index contributed by atoms with van der Waals surface area (Å²) in [6.45, 7) is 1.81. The van der Waals surface area contributed by atoms with Gasteiger partial charge in [0.05, 0.1) is 6.21 Å². The first-order valence-electron chi connectivity index (χ1n) is 4.64. The summed E-state index contributed by atoms with van der Waals surface area (Å²) in [5.41, 5.74) is 0.875. The predicted octanol–water partition coefficient (Wildman–Crippen LogP) is 1.84. The highest BCUT2D eigenvalue weighted by Crippen LogP contribution is 2.08. The Labute approximate surface area is 97.1 Å². The molecule has 0 aliphatic carbocycles. The minimum atomic E-state index is 0.230. The van der Waals surface area contributed by atoms with Gasteiger partial charge in [-0.25, -0.2) is 0 Å². The van der Waals surface area contributed by atoms with E-state index >= 15 is 0 Å². The van der Waals surface area contributed by atoms with E-state index in [1.54, 1.807) is 37.4 Å². The molecule has 0 saturated heterocycles. The lowest BCUT2D eigenvalue weighted by atomic mass is 10.2. The highest BCUT2D eigenvalue weighted by Gasteiger charge is 1.96. The van der Waals surface area contributed by atoms with Crippen molar-refractivity contribution < 1.29 is 5.11 Å². The van der Waals surface area contributed by atoms with Crippen molar-refractivity contribution >= 4 is 18.4 Å². The summed E-state index contributed by atoms with van der Waals surface area (Å²) in [5.74, 6) is 0.924. The van der Waals surface area contributed by atoms with Crippen molar-refractivity contribution in [3.05, 3.63) is 40.4 Å². The predicted molar refractivity (Wildman–Crippen MR) is 63.2 cm³/mol. The van der Waals surface area contributed by atoms with Crippen LogP contribution in [-0.2, 0) is 0 Å². The summed E-state index contributed by atoms with van der Waals surface area (Å²) in [6.07, 6.45) is 1.65. The molecule has 1 heterocycles. The second kappa shape index (κ2) is 4.28. The van der Waals surface area contributed by atoms with Crippen LogP contribution in [0.15, 0.2) is 29.4 Å². The molecule has 0 aliphatic heterocycles. The monoisotopic (exact) mass is 234 g/mol. The fourth-order valence-corrected chi connectivity index (χ4v) is 1.42. The summed E-state index contributed by atoms with van der Waals surface area (Å²) >= 11 is 5.00. The molecular formula is C10H10N4OS. The van der Waals surface area contributed by atoms with Crippen molar-refractivity contribution in [1.29, 1.82) is 0 Å². The van der Waals surface area contributed by atoms with E-state index in [9.17, 15) is 0 Å². The second-order valence-corrected chi connectivity index (χ2v) is 3.61. The molecule has 1 aromatic heterocycles. The third-order valence-electron chi connectivity index (χ3n) is 2.03. The molecule has 0 aliphatic rings. The quantitative estimate of drug-likeness (QED) is 0.615. The Bertz CT molecular complexity index is 567. The van der Waals surface area contributed by atoms with E-state index in [2.05, 4.69) is 15.3 Å². The number of hydrogen-bond acceptors (Lipinski definition) is 4. The minimum absolute atomic E-state index is 0.230. The number of aromatic nitrogens is 3. The molecule has 0 amide bonds. The van der Waals surface area contributed by atoms with E-state index in [0.717, 1.165) is 5.56 Å². The van der Waals surface area contributed by atoms with Gasteiger partial charge in [-0.1, -0.05) is 0 Å². The molecular weight excluding hydrogens is 224 g/mol. The first kappa shape index (κ1) is 10.6.